The van der Waals surface area contributed by atoms with Gasteiger partial charge in [-0.2, -0.15) is 22.5 Å². The first-order chi connectivity index (χ1) is 10.9. The van der Waals surface area contributed by atoms with Crippen LogP contribution in [0.2, 0.25) is 0 Å². The normalized spacial score (nSPS) is 13.2. The third-order valence-corrected chi connectivity index (χ3v) is 4.88. The first kappa shape index (κ1) is 17.4. The summed E-state index contributed by atoms with van der Waals surface area (Å²) < 4.78 is 35.3. The van der Waals surface area contributed by atoms with Gasteiger partial charge in [0.05, 0.1) is 13.7 Å². The summed E-state index contributed by atoms with van der Waals surface area (Å²) in [7, 11) is -0.491. The number of ether oxygens (including phenoxy) is 1. The molecule has 2 rings (SSSR count). The summed E-state index contributed by atoms with van der Waals surface area (Å²) in [5.41, 5.74) is 0.848. The molecule has 0 radical (unpaired) electrons. The Labute approximate surface area is 136 Å². The summed E-state index contributed by atoms with van der Waals surface area (Å²) in [4.78, 5) is 3.83. The van der Waals surface area contributed by atoms with Crippen LogP contribution in [0.3, 0.4) is 0 Å². The van der Waals surface area contributed by atoms with E-state index in [1.165, 1.54) is 17.7 Å². The maximum atomic E-state index is 12.4. The Morgan fingerprint density at radius 1 is 1.43 bits per heavy atom. The molecule has 0 bridgehead atoms. The van der Waals surface area contributed by atoms with Crippen LogP contribution in [0.15, 0.2) is 36.9 Å². The van der Waals surface area contributed by atoms with E-state index in [2.05, 4.69) is 14.8 Å². The van der Waals surface area contributed by atoms with Gasteiger partial charge in [0.25, 0.3) is 10.2 Å². The van der Waals surface area contributed by atoms with Crippen molar-refractivity contribution in [3.8, 4) is 5.75 Å². The third-order valence-electron chi connectivity index (χ3n) is 3.23. The van der Waals surface area contributed by atoms with E-state index >= 15 is 0 Å². The predicted molar refractivity (Wildman–Crippen MR) is 86.0 cm³/mol. The number of hydrogen-bond donors (Lipinski definition) is 1. The number of nitrogens with one attached hydrogen (secondary N) is 1. The Morgan fingerprint density at radius 3 is 2.87 bits per heavy atom. The number of benzene rings is 1. The highest BCUT2D eigenvalue weighted by Gasteiger charge is 2.20. The molecular formula is C14H21N5O3S. The Hall–Kier alpha value is -1.97. The average molecular weight is 339 g/mol. The van der Waals surface area contributed by atoms with Crippen molar-refractivity contribution in [2.45, 2.75) is 26.1 Å². The van der Waals surface area contributed by atoms with E-state index in [9.17, 15) is 8.42 Å². The summed E-state index contributed by atoms with van der Waals surface area (Å²) in [6.45, 7) is 2.44. The van der Waals surface area contributed by atoms with E-state index in [4.69, 9.17) is 4.74 Å². The molecule has 0 saturated heterocycles. The van der Waals surface area contributed by atoms with Crippen molar-refractivity contribution >= 4 is 10.2 Å². The fourth-order valence-corrected chi connectivity index (χ4v) is 3.18. The first-order valence-corrected chi connectivity index (χ1v) is 8.53. The first-order valence-electron chi connectivity index (χ1n) is 7.09. The van der Waals surface area contributed by atoms with Gasteiger partial charge in [0.15, 0.2) is 0 Å². The van der Waals surface area contributed by atoms with Gasteiger partial charge in [-0.3, -0.25) is 4.68 Å². The van der Waals surface area contributed by atoms with E-state index in [1.807, 2.05) is 24.3 Å². The molecule has 1 aromatic heterocycles. The van der Waals surface area contributed by atoms with Gasteiger partial charge in [-0.15, -0.1) is 0 Å². The second-order valence-electron chi connectivity index (χ2n) is 5.25. The van der Waals surface area contributed by atoms with E-state index in [-0.39, 0.29) is 12.6 Å². The Kier molecular flexibility index (Phi) is 5.69. The van der Waals surface area contributed by atoms with E-state index in [0.717, 1.165) is 5.56 Å². The second kappa shape index (κ2) is 7.53. The molecular weight excluding hydrogens is 318 g/mol. The number of rotatable bonds is 8. The molecule has 0 aliphatic heterocycles. The number of aromatic nitrogens is 3. The van der Waals surface area contributed by atoms with Crippen LogP contribution in [0.25, 0.3) is 0 Å². The fraction of sp³-hybridized carbons (Fsp3) is 0.429. The van der Waals surface area contributed by atoms with Crippen molar-refractivity contribution in [3.63, 3.8) is 0 Å². The minimum absolute atomic E-state index is 0.253. The lowest BCUT2D eigenvalue weighted by molar-refractivity contribution is 0.410. The van der Waals surface area contributed by atoms with Crippen LogP contribution in [-0.2, 0) is 23.3 Å². The Morgan fingerprint density at radius 2 is 2.22 bits per heavy atom. The highest BCUT2D eigenvalue weighted by atomic mass is 32.2. The molecule has 0 amide bonds. The molecule has 0 saturated carbocycles. The van der Waals surface area contributed by atoms with Gasteiger partial charge in [0, 0.05) is 19.6 Å². The highest BCUT2D eigenvalue weighted by molar-refractivity contribution is 7.87. The molecule has 9 heteroatoms. The van der Waals surface area contributed by atoms with Crippen LogP contribution < -0.4 is 9.46 Å². The lowest BCUT2D eigenvalue weighted by Gasteiger charge is -2.21. The van der Waals surface area contributed by atoms with Gasteiger partial charge >= 0.3 is 0 Å². The van der Waals surface area contributed by atoms with Gasteiger partial charge in [-0.25, -0.2) is 4.98 Å². The molecule has 2 aromatic rings. The molecule has 23 heavy (non-hydrogen) atoms. The molecule has 1 N–H and O–H groups in total. The topological polar surface area (TPSA) is 89.4 Å². The SMILES string of the molecule is COc1cccc(CN(C)S(=O)(=O)N[C@H](C)Cn2cncn2)c1. The van der Waals surface area contributed by atoms with E-state index in [0.29, 0.717) is 12.3 Å². The average Bonchev–Trinajstić information content (AvgIpc) is 2.99. The summed E-state index contributed by atoms with van der Waals surface area (Å²) in [6, 6.07) is 7.00. The fourth-order valence-electron chi connectivity index (χ4n) is 2.10. The quantitative estimate of drug-likeness (QED) is 0.762. The van der Waals surface area contributed by atoms with Crippen molar-refractivity contribution in [2.24, 2.45) is 0 Å². The van der Waals surface area contributed by atoms with Crippen LogP contribution >= 0.6 is 0 Å². The lowest BCUT2D eigenvalue weighted by atomic mass is 10.2. The second-order valence-corrected chi connectivity index (χ2v) is 7.06. The van der Waals surface area contributed by atoms with Crippen molar-refractivity contribution in [3.05, 3.63) is 42.5 Å². The van der Waals surface area contributed by atoms with Crippen LogP contribution in [0, 0.1) is 0 Å². The molecule has 0 aliphatic carbocycles. The number of nitrogens with zero attached hydrogens (tertiary/aromatic N) is 4. The van der Waals surface area contributed by atoms with E-state index < -0.39 is 10.2 Å². The standard InChI is InChI=1S/C14H21N5O3S/c1-12(8-19-11-15-10-16-19)17-23(20,21)18(2)9-13-5-4-6-14(7-13)22-3/h4-7,10-12,17H,8-9H2,1-3H3/t12-/m1/s1. The largest absolute Gasteiger partial charge is 0.497 e. The molecule has 0 spiro atoms. The molecule has 1 heterocycles. The molecule has 126 valence electrons. The zero-order chi connectivity index (χ0) is 16.9. The number of hydrogen-bond acceptors (Lipinski definition) is 5. The van der Waals surface area contributed by atoms with Gasteiger partial charge in [-0.05, 0) is 24.6 Å². The molecule has 8 nitrogen and oxygen atoms in total. The lowest BCUT2D eigenvalue weighted by Crippen LogP contribution is -2.43. The molecule has 0 unspecified atom stereocenters. The Bertz CT molecular complexity index is 718. The third kappa shape index (κ3) is 5.02. The van der Waals surface area contributed by atoms with Crippen LogP contribution in [0.5, 0.6) is 5.75 Å². The number of methoxy groups -OCH3 is 1. The zero-order valence-electron chi connectivity index (χ0n) is 13.4. The van der Waals surface area contributed by atoms with Crippen LogP contribution in [0.4, 0.5) is 0 Å². The molecule has 0 aliphatic rings. The van der Waals surface area contributed by atoms with Gasteiger partial charge < -0.3 is 4.74 Å². The summed E-state index contributed by atoms with van der Waals surface area (Å²) in [5, 5.41) is 3.96. The highest BCUT2D eigenvalue weighted by Crippen LogP contribution is 2.14. The summed E-state index contributed by atoms with van der Waals surface area (Å²) >= 11 is 0. The minimum Gasteiger partial charge on any atom is -0.497 e. The van der Waals surface area contributed by atoms with Gasteiger partial charge in [0.2, 0.25) is 0 Å². The van der Waals surface area contributed by atoms with Crippen molar-refractivity contribution in [1.82, 2.24) is 23.8 Å². The van der Waals surface area contributed by atoms with E-state index in [1.54, 1.807) is 25.0 Å². The molecule has 1 atom stereocenters. The predicted octanol–water partition coefficient (Wildman–Crippen LogP) is 0.642. The van der Waals surface area contributed by atoms with Crippen molar-refractivity contribution in [1.29, 1.82) is 0 Å². The molecule has 1 aromatic carbocycles. The zero-order valence-corrected chi connectivity index (χ0v) is 14.2. The monoisotopic (exact) mass is 339 g/mol. The summed E-state index contributed by atoms with van der Waals surface area (Å²) in [6.07, 6.45) is 2.96. The molecule has 0 fully saturated rings. The summed E-state index contributed by atoms with van der Waals surface area (Å²) in [5.74, 6) is 0.695. The Balaban J connectivity index is 1.97. The smallest absolute Gasteiger partial charge is 0.279 e. The maximum absolute atomic E-state index is 12.4. The van der Waals surface area contributed by atoms with Crippen LogP contribution in [-0.4, -0.2) is 47.7 Å². The van der Waals surface area contributed by atoms with Crippen molar-refractivity contribution in [2.75, 3.05) is 14.2 Å². The van der Waals surface area contributed by atoms with Crippen molar-refractivity contribution < 1.29 is 13.2 Å². The van der Waals surface area contributed by atoms with Gasteiger partial charge in [-0.1, -0.05) is 12.1 Å². The minimum atomic E-state index is -3.60. The van der Waals surface area contributed by atoms with Crippen LogP contribution in [0.1, 0.15) is 12.5 Å². The van der Waals surface area contributed by atoms with Gasteiger partial charge in [0.1, 0.15) is 18.4 Å². The maximum Gasteiger partial charge on any atom is 0.279 e.